The zero-order valence-corrected chi connectivity index (χ0v) is 16.4. The average molecular weight is 362 g/mol. The summed E-state index contributed by atoms with van der Waals surface area (Å²) in [6, 6.07) is 7.68. The smallest absolute Gasteiger partial charge is 0.410 e. The molecule has 1 aromatic rings. The molecular weight excluding hydrogens is 332 g/mol. The van der Waals surface area contributed by atoms with Gasteiger partial charge in [0.2, 0.25) is 5.91 Å². The van der Waals surface area contributed by atoms with Crippen molar-refractivity contribution in [2.75, 3.05) is 27.2 Å². The number of likely N-dealkylation sites (tertiary alicyclic amines) is 1. The van der Waals surface area contributed by atoms with Crippen molar-refractivity contribution < 1.29 is 19.1 Å². The number of carbonyl (C=O) groups is 2. The summed E-state index contributed by atoms with van der Waals surface area (Å²) in [5, 5.41) is 0. The SMILES string of the molecule is COc1ccc(CN(C)C(=O)C2CCCN(C(=O)OC(C)(C)C)C2)cc1. The molecule has 0 spiro atoms. The van der Waals surface area contributed by atoms with E-state index in [0.717, 1.165) is 24.2 Å². The molecule has 1 aliphatic heterocycles. The van der Waals surface area contributed by atoms with Gasteiger partial charge in [-0.25, -0.2) is 4.79 Å². The number of ether oxygens (including phenoxy) is 2. The molecule has 1 heterocycles. The van der Waals surface area contributed by atoms with Crippen molar-refractivity contribution in [1.29, 1.82) is 0 Å². The first kappa shape index (κ1) is 20.1. The summed E-state index contributed by atoms with van der Waals surface area (Å²) in [5.41, 5.74) is 0.514. The Labute approximate surface area is 156 Å². The van der Waals surface area contributed by atoms with Crippen LogP contribution in [0.4, 0.5) is 4.79 Å². The first-order valence-corrected chi connectivity index (χ1v) is 9.05. The summed E-state index contributed by atoms with van der Waals surface area (Å²) >= 11 is 0. The van der Waals surface area contributed by atoms with Crippen LogP contribution in [0.1, 0.15) is 39.2 Å². The maximum Gasteiger partial charge on any atom is 0.410 e. The van der Waals surface area contributed by atoms with Crippen molar-refractivity contribution >= 4 is 12.0 Å². The van der Waals surface area contributed by atoms with Gasteiger partial charge in [0.05, 0.1) is 13.0 Å². The highest BCUT2D eigenvalue weighted by Crippen LogP contribution is 2.22. The highest BCUT2D eigenvalue weighted by Gasteiger charge is 2.32. The summed E-state index contributed by atoms with van der Waals surface area (Å²) in [7, 11) is 3.43. The first-order valence-electron chi connectivity index (χ1n) is 9.05. The fourth-order valence-corrected chi connectivity index (χ4v) is 3.07. The number of hydrogen-bond donors (Lipinski definition) is 0. The van der Waals surface area contributed by atoms with Gasteiger partial charge in [0.1, 0.15) is 11.4 Å². The number of rotatable bonds is 4. The molecule has 1 atom stereocenters. The second kappa shape index (κ2) is 8.43. The van der Waals surface area contributed by atoms with Crippen LogP contribution in [0.5, 0.6) is 5.75 Å². The molecule has 0 radical (unpaired) electrons. The van der Waals surface area contributed by atoms with E-state index < -0.39 is 5.60 Å². The van der Waals surface area contributed by atoms with Crippen LogP contribution in [0, 0.1) is 5.92 Å². The van der Waals surface area contributed by atoms with Crippen LogP contribution >= 0.6 is 0 Å². The highest BCUT2D eigenvalue weighted by molar-refractivity contribution is 5.80. The third-order valence-electron chi connectivity index (χ3n) is 4.38. The maximum absolute atomic E-state index is 12.8. The van der Waals surface area contributed by atoms with Crippen LogP contribution in [0.15, 0.2) is 24.3 Å². The molecule has 1 unspecified atom stereocenters. The fraction of sp³-hybridized carbons (Fsp3) is 0.600. The Morgan fingerprint density at radius 1 is 1.23 bits per heavy atom. The molecule has 6 heteroatoms. The van der Waals surface area contributed by atoms with Crippen molar-refractivity contribution in [2.24, 2.45) is 5.92 Å². The van der Waals surface area contributed by atoms with E-state index in [0.29, 0.717) is 19.6 Å². The topological polar surface area (TPSA) is 59.1 Å². The number of piperidine rings is 1. The van der Waals surface area contributed by atoms with Crippen molar-refractivity contribution in [2.45, 2.75) is 45.8 Å². The molecule has 1 aromatic carbocycles. The lowest BCUT2D eigenvalue weighted by molar-refractivity contribution is -0.136. The highest BCUT2D eigenvalue weighted by atomic mass is 16.6. The van der Waals surface area contributed by atoms with Crippen LogP contribution in [-0.4, -0.2) is 54.6 Å². The Kier molecular flexibility index (Phi) is 6.51. The van der Waals surface area contributed by atoms with Gasteiger partial charge in [-0.2, -0.15) is 0 Å². The number of carbonyl (C=O) groups excluding carboxylic acids is 2. The third kappa shape index (κ3) is 5.64. The van der Waals surface area contributed by atoms with Crippen molar-refractivity contribution in [3.63, 3.8) is 0 Å². The molecule has 1 fully saturated rings. The number of amides is 2. The average Bonchev–Trinajstić information content (AvgIpc) is 2.60. The van der Waals surface area contributed by atoms with Gasteiger partial charge in [-0.1, -0.05) is 12.1 Å². The van der Waals surface area contributed by atoms with Gasteiger partial charge in [0, 0.05) is 26.7 Å². The van der Waals surface area contributed by atoms with Gasteiger partial charge in [-0.15, -0.1) is 0 Å². The molecule has 6 nitrogen and oxygen atoms in total. The molecule has 2 rings (SSSR count). The fourth-order valence-electron chi connectivity index (χ4n) is 3.07. The minimum atomic E-state index is -0.529. The molecule has 144 valence electrons. The molecule has 0 saturated carbocycles. The minimum absolute atomic E-state index is 0.0640. The lowest BCUT2D eigenvalue weighted by atomic mass is 9.96. The number of nitrogens with zero attached hydrogens (tertiary/aromatic N) is 2. The van der Waals surface area contributed by atoms with Gasteiger partial charge < -0.3 is 19.3 Å². The van der Waals surface area contributed by atoms with Crippen LogP contribution in [0.2, 0.25) is 0 Å². The quantitative estimate of drug-likeness (QED) is 0.825. The molecule has 26 heavy (non-hydrogen) atoms. The summed E-state index contributed by atoms with van der Waals surface area (Å²) < 4.78 is 10.6. The van der Waals surface area contributed by atoms with Gasteiger partial charge in [-0.3, -0.25) is 4.79 Å². The molecular formula is C20H30N2O4. The predicted octanol–water partition coefficient (Wildman–Crippen LogP) is 3.30. The zero-order chi connectivity index (χ0) is 19.3. The number of benzene rings is 1. The minimum Gasteiger partial charge on any atom is -0.497 e. The molecule has 0 bridgehead atoms. The zero-order valence-electron chi connectivity index (χ0n) is 16.4. The summed E-state index contributed by atoms with van der Waals surface area (Å²) in [5.74, 6) is 0.677. The molecule has 0 N–H and O–H groups in total. The lowest BCUT2D eigenvalue weighted by Gasteiger charge is -2.35. The monoisotopic (exact) mass is 362 g/mol. The Morgan fingerprint density at radius 2 is 1.88 bits per heavy atom. The van der Waals surface area contributed by atoms with Gasteiger partial charge >= 0.3 is 6.09 Å². The third-order valence-corrected chi connectivity index (χ3v) is 4.38. The maximum atomic E-state index is 12.8. The Hall–Kier alpha value is -2.24. The summed E-state index contributed by atoms with van der Waals surface area (Å²) in [4.78, 5) is 28.5. The Balaban J connectivity index is 1.93. The van der Waals surface area contributed by atoms with E-state index in [4.69, 9.17) is 9.47 Å². The van der Waals surface area contributed by atoms with Crippen LogP contribution in [-0.2, 0) is 16.1 Å². The van der Waals surface area contributed by atoms with E-state index in [-0.39, 0.29) is 17.9 Å². The van der Waals surface area contributed by atoms with Crippen LogP contribution in [0.25, 0.3) is 0 Å². The van der Waals surface area contributed by atoms with E-state index in [1.54, 1.807) is 24.0 Å². The number of hydrogen-bond acceptors (Lipinski definition) is 4. The Morgan fingerprint density at radius 3 is 2.46 bits per heavy atom. The number of methoxy groups -OCH3 is 1. The molecule has 0 aromatic heterocycles. The van der Waals surface area contributed by atoms with Crippen molar-refractivity contribution in [3.05, 3.63) is 29.8 Å². The standard InChI is InChI=1S/C20H30N2O4/c1-20(2,3)26-19(24)22-12-6-7-16(14-22)18(23)21(4)13-15-8-10-17(25-5)11-9-15/h8-11,16H,6-7,12-14H2,1-5H3. The summed E-state index contributed by atoms with van der Waals surface area (Å²) in [6.07, 6.45) is 1.27. The molecule has 2 amide bonds. The Bertz CT molecular complexity index is 622. The van der Waals surface area contributed by atoms with Gasteiger partial charge in [0.15, 0.2) is 0 Å². The lowest BCUT2D eigenvalue weighted by Crippen LogP contribution is -2.47. The van der Waals surface area contributed by atoms with E-state index in [1.165, 1.54) is 0 Å². The van der Waals surface area contributed by atoms with Crippen molar-refractivity contribution in [1.82, 2.24) is 9.80 Å². The molecule has 0 aliphatic carbocycles. The van der Waals surface area contributed by atoms with E-state index in [1.807, 2.05) is 45.0 Å². The first-order chi connectivity index (χ1) is 12.2. The normalized spacial score (nSPS) is 17.6. The second-order valence-electron chi connectivity index (χ2n) is 7.81. The molecule has 1 aliphatic rings. The van der Waals surface area contributed by atoms with Crippen LogP contribution in [0.3, 0.4) is 0 Å². The van der Waals surface area contributed by atoms with Crippen molar-refractivity contribution in [3.8, 4) is 5.75 Å². The van der Waals surface area contributed by atoms with Gasteiger partial charge in [0.25, 0.3) is 0 Å². The van der Waals surface area contributed by atoms with E-state index >= 15 is 0 Å². The van der Waals surface area contributed by atoms with Gasteiger partial charge in [-0.05, 0) is 51.3 Å². The summed E-state index contributed by atoms with van der Waals surface area (Å²) in [6.45, 7) is 7.13. The largest absolute Gasteiger partial charge is 0.497 e. The van der Waals surface area contributed by atoms with E-state index in [9.17, 15) is 9.59 Å². The van der Waals surface area contributed by atoms with Crippen LogP contribution < -0.4 is 4.74 Å². The second-order valence-corrected chi connectivity index (χ2v) is 7.81. The molecule has 1 saturated heterocycles. The predicted molar refractivity (Wildman–Crippen MR) is 100.0 cm³/mol. The van der Waals surface area contributed by atoms with E-state index in [2.05, 4.69) is 0 Å².